The molecule has 6 heteroatoms. The molecule has 1 N–H and O–H groups in total. The minimum Gasteiger partial charge on any atom is -0.352 e. The summed E-state index contributed by atoms with van der Waals surface area (Å²) in [5.74, 6) is -0.212. The number of benzene rings is 3. The van der Waals surface area contributed by atoms with Crippen molar-refractivity contribution >= 4 is 22.6 Å². The fourth-order valence-electron chi connectivity index (χ4n) is 5.18. The molecule has 2 heterocycles. The van der Waals surface area contributed by atoms with Gasteiger partial charge < -0.3 is 10.2 Å². The highest BCUT2D eigenvalue weighted by atomic mass is 16.2. The van der Waals surface area contributed by atoms with E-state index in [-0.39, 0.29) is 17.7 Å². The van der Waals surface area contributed by atoms with E-state index in [1.807, 2.05) is 77.2 Å². The highest BCUT2D eigenvalue weighted by Crippen LogP contribution is 2.24. The zero-order valence-electron chi connectivity index (χ0n) is 20.9. The Bertz CT molecular complexity index is 1390. The third kappa shape index (κ3) is 4.89. The fourth-order valence-corrected chi connectivity index (χ4v) is 5.18. The molecule has 6 nitrogen and oxygen atoms in total. The summed E-state index contributed by atoms with van der Waals surface area (Å²) in [7, 11) is 0. The van der Waals surface area contributed by atoms with Gasteiger partial charge in [0.1, 0.15) is 0 Å². The molecule has 184 valence electrons. The van der Waals surface area contributed by atoms with Gasteiger partial charge in [0.25, 0.3) is 5.91 Å². The average molecular weight is 481 g/mol. The number of nitrogens with one attached hydrogen (secondary N) is 1. The van der Waals surface area contributed by atoms with E-state index in [0.29, 0.717) is 31.7 Å². The Hall–Kier alpha value is -3.93. The summed E-state index contributed by atoms with van der Waals surface area (Å²) in [6.07, 6.45) is 1.61. The van der Waals surface area contributed by atoms with Gasteiger partial charge in [-0.1, -0.05) is 66.7 Å². The maximum absolute atomic E-state index is 13.4. The number of aromatic nitrogens is 2. The Balaban J connectivity index is 1.24. The van der Waals surface area contributed by atoms with Crippen LogP contribution in [0.25, 0.3) is 10.8 Å². The summed E-state index contributed by atoms with van der Waals surface area (Å²) < 4.78 is 2.00. The first-order valence-electron chi connectivity index (χ1n) is 12.6. The largest absolute Gasteiger partial charge is 0.352 e. The van der Waals surface area contributed by atoms with E-state index in [9.17, 15) is 9.59 Å². The van der Waals surface area contributed by atoms with Crippen LogP contribution in [-0.4, -0.2) is 39.6 Å². The highest BCUT2D eigenvalue weighted by molar-refractivity contribution is 6.07. The maximum Gasteiger partial charge on any atom is 0.254 e. The van der Waals surface area contributed by atoms with Crippen molar-refractivity contribution in [3.8, 4) is 0 Å². The molecule has 1 saturated heterocycles. The molecule has 2 amide bonds. The number of piperidine rings is 1. The second kappa shape index (κ2) is 10.4. The van der Waals surface area contributed by atoms with Crippen molar-refractivity contribution in [2.75, 3.05) is 13.1 Å². The molecule has 4 aromatic rings. The van der Waals surface area contributed by atoms with Crippen molar-refractivity contribution in [1.29, 1.82) is 0 Å². The van der Waals surface area contributed by atoms with E-state index in [1.54, 1.807) is 0 Å². The minimum absolute atomic E-state index is 0.0000269. The monoisotopic (exact) mass is 480 g/mol. The summed E-state index contributed by atoms with van der Waals surface area (Å²) in [6.45, 7) is 6.31. The van der Waals surface area contributed by atoms with Crippen LogP contribution in [0.4, 0.5) is 0 Å². The summed E-state index contributed by atoms with van der Waals surface area (Å²) in [5, 5.41) is 9.83. The lowest BCUT2D eigenvalue weighted by Gasteiger charge is -2.32. The second-order valence-corrected chi connectivity index (χ2v) is 9.63. The van der Waals surface area contributed by atoms with E-state index < -0.39 is 0 Å². The molecule has 1 aromatic heterocycles. The molecule has 1 fully saturated rings. The number of nitrogens with zero attached hydrogens (tertiary/aromatic N) is 3. The topological polar surface area (TPSA) is 67.2 Å². The van der Waals surface area contributed by atoms with E-state index in [4.69, 9.17) is 5.10 Å². The summed E-state index contributed by atoms with van der Waals surface area (Å²) >= 11 is 0. The summed E-state index contributed by atoms with van der Waals surface area (Å²) in [6, 6.07) is 24.0. The normalized spacial score (nSPS) is 15.7. The third-order valence-electron chi connectivity index (χ3n) is 7.25. The van der Waals surface area contributed by atoms with E-state index >= 15 is 0 Å². The van der Waals surface area contributed by atoms with Gasteiger partial charge in [-0.3, -0.25) is 14.3 Å². The Morgan fingerprint density at radius 3 is 2.56 bits per heavy atom. The zero-order valence-corrected chi connectivity index (χ0v) is 20.9. The smallest absolute Gasteiger partial charge is 0.254 e. The van der Waals surface area contributed by atoms with Crippen molar-refractivity contribution in [3.05, 3.63) is 101 Å². The standard InChI is InChI=1S/C30H32N4O2/c1-21-28(22(2)34(32-21)19-23-10-4-3-5-11-23)18-31-29(35)25-14-9-17-33(20-25)30(36)27-16-8-13-24-12-6-7-15-26(24)27/h3-8,10-13,15-16,25H,9,14,17-20H2,1-2H3,(H,31,35). The van der Waals surface area contributed by atoms with Crippen molar-refractivity contribution in [2.45, 2.75) is 39.8 Å². The summed E-state index contributed by atoms with van der Waals surface area (Å²) in [5.41, 5.74) is 4.94. The zero-order chi connectivity index (χ0) is 25.1. The molecule has 0 spiro atoms. The molecule has 0 saturated carbocycles. The van der Waals surface area contributed by atoms with Crippen LogP contribution in [0.2, 0.25) is 0 Å². The van der Waals surface area contributed by atoms with Crippen LogP contribution in [0.3, 0.4) is 0 Å². The molecular formula is C30H32N4O2. The lowest BCUT2D eigenvalue weighted by Crippen LogP contribution is -2.45. The Morgan fingerprint density at radius 2 is 1.72 bits per heavy atom. The molecule has 1 unspecified atom stereocenters. The molecule has 1 atom stereocenters. The maximum atomic E-state index is 13.4. The van der Waals surface area contributed by atoms with E-state index in [0.717, 1.165) is 40.6 Å². The van der Waals surface area contributed by atoms with Crippen LogP contribution in [0.5, 0.6) is 0 Å². The van der Waals surface area contributed by atoms with Crippen LogP contribution in [0.1, 0.15) is 45.7 Å². The lowest BCUT2D eigenvalue weighted by molar-refractivity contribution is -0.126. The quantitative estimate of drug-likeness (QED) is 0.428. The first-order chi connectivity index (χ1) is 17.5. The van der Waals surface area contributed by atoms with Gasteiger partial charge in [0.05, 0.1) is 18.2 Å². The van der Waals surface area contributed by atoms with Crippen LogP contribution in [0.15, 0.2) is 72.8 Å². The predicted molar refractivity (Wildman–Crippen MR) is 142 cm³/mol. The Labute approximate surface area is 211 Å². The van der Waals surface area contributed by atoms with Crippen molar-refractivity contribution in [3.63, 3.8) is 0 Å². The van der Waals surface area contributed by atoms with Gasteiger partial charge in [-0.25, -0.2) is 0 Å². The lowest BCUT2D eigenvalue weighted by atomic mass is 9.95. The molecular weight excluding hydrogens is 448 g/mol. The predicted octanol–water partition coefficient (Wildman–Crippen LogP) is 4.87. The SMILES string of the molecule is Cc1nn(Cc2ccccc2)c(C)c1CNC(=O)C1CCCN(C(=O)c2cccc3ccccc23)C1. The number of fused-ring (bicyclic) bond motifs is 1. The van der Waals surface area contributed by atoms with Gasteiger partial charge in [0.15, 0.2) is 0 Å². The number of likely N-dealkylation sites (tertiary alicyclic amines) is 1. The van der Waals surface area contributed by atoms with Crippen LogP contribution >= 0.6 is 0 Å². The number of carbonyl (C=O) groups is 2. The molecule has 0 bridgehead atoms. The number of rotatable bonds is 6. The number of amides is 2. The molecule has 36 heavy (non-hydrogen) atoms. The number of hydrogen-bond donors (Lipinski definition) is 1. The minimum atomic E-state index is -0.211. The van der Waals surface area contributed by atoms with Gasteiger partial charge in [-0.2, -0.15) is 5.10 Å². The van der Waals surface area contributed by atoms with E-state index in [1.165, 1.54) is 5.56 Å². The average Bonchev–Trinajstić information content (AvgIpc) is 3.18. The number of carbonyl (C=O) groups excluding carboxylic acids is 2. The van der Waals surface area contributed by atoms with Gasteiger partial charge in [0, 0.05) is 36.5 Å². The molecule has 5 rings (SSSR count). The Kier molecular flexibility index (Phi) is 6.85. The van der Waals surface area contributed by atoms with Crippen LogP contribution in [0, 0.1) is 19.8 Å². The van der Waals surface area contributed by atoms with Crippen molar-refractivity contribution in [2.24, 2.45) is 5.92 Å². The van der Waals surface area contributed by atoms with Gasteiger partial charge in [0.2, 0.25) is 5.91 Å². The van der Waals surface area contributed by atoms with Crippen molar-refractivity contribution < 1.29 is 9.59 Å². The highest BCUT2D eigenvalue weighted by Gasteiger charge is 2.29. The second-order valence-electron chi connectivity index (χ2n) is 9.63. The van der Waals surface area contributed by atoms with Crippen LogP contribution < -0.4 is 5.32 Å². The first-order valence-corrected chi connectivity index (χ1v) is 12.6. The summed E-state index contributed by atoms with van der Waals surface area (Å²) in [4.78, 5) is 28.4. The molecule has 1 aliphatic heterocycles. The van der Waals surface area contributed by atoms with E-state index in [2.05, 4.69) is 24.4 Å². The molecule has 0 aliphatic carbocycles. The van der Waals surface area contributed by atoms with Gasteiger partial charge in [-0.05, 0) is 49.1 Å². The number of hydrogen-bond acceptors (Lipinski definition) is 3. The molecule has 1 aliphatic rings. The third-order valence-corrected chi connectivity index (χ3v) is 7.25. The van der Waals surface area contributed by atoms with Gasteiger partial charge in [-0.15, -0.1) is 0 Å². The van der Waals surface area contributed by atoms with Crippen LogP contribution in [-0.2, 0) is 17.9 Å². The fraction of sp³-hybridized carbons (Fsp3) is 0.300. The Morgan fingerprint density at radius 1 is 0.972 bits per heavy atom. The first kappa shape index (κ1) is 23.8. The van der Waals surface area contributed by atoms with Gasteiger partial charge >= 0.3 is 0 Å². The molecule has 0 radical (unpaired) electrons. The van der Waals surface area contributed by atoms with Crippen molar-refractivity contribution in [1.82, 2.24) is 20.0 Å². The molecule has 3 aromatic carbocycles. The number of aryl methyl sites for hydroxylation is 1.